The Morgan fingerprint density at radius 1 is 1.35 bits per heavy atom. The number of benzene rings is 1. The van der Waals surface area contributed by atoms with Crippen LogP contribution in [0.1, 0.15) is 33.3 Å². The van der Waals surface area contributed by atoms with E-state index < -0.39 is 21.3 Å². The van der Waals surface area contributed by atoms with Gasteiger partial charge in [0, 0.05) is 16.9 Å². The lowest BCUT2D eigenvalue weighted by Gasteiger charge is -2.25. The molecule has 0 aromatic heterocycles. The van der Waals surface area contributed by atoms with Crippen LogP contribution in [0.5, 0.6) is 5.75 Å². The third kappa shape index (κ3) is 2.08. The Labute approximate surface area is 128 Å². The van der Waals surface area contributed by atoms with Crippen LogP contribution in [-0.4, -0.2) is 21.0 Å². The summed E-state index contributed by atoms with van der Waals surface area (Å²) in [6.07, 6.45) is 0. The SMILES string of the molecule is CC1C(Cl)(Cl)C1(C)c1ccccc1OC(C)(C)C(=O)O. The Morgan fingerprint density at radius 2 is 1.85 bits per heavy atom. The average Bonchev–Trinajstić information content (AvgIpc) is 2.74. The van der Waals surface area contributed by atoms with E-state index in [-0.39, 0.29) is 5.92 Å². The summed E-state index contributed by atoms with van der Waals surface area (Å²) in [5.41, 5.74) is -0.917. The summed E-state index contributed by atoms with van der Waals surface area (Å²) in [6.45, 7) is 6.96. The number of hydrogen-bond donors (Lipinski definition) is 1. The maximum atomic E-state index is 11.2. The molecular formula is C15H18Cl2O3. The number of aliphatic carboxylic acids is 1. The quantitative estimate of drug-likeness (QED) is 0.854. The molecule has 0 amide bonds. The molecule has 0 heterocycles. The summed E-state index contributed by atoms with van der Waals surface area (Å²) in [7, 11) is 0. The van der Waals surface area contributed by atoms with Gasteiger partial charge in [0.05, 0.1) is 0 Å². The van der Waals surface area contributed by atoms with E-state index in [1.807, 2.05) is 26.0 Å². The van der Waals surface area contributed by atoms with Crippen molar-refractivity contribution in [3.8, 4) is 5.75 Å². The van der Waals surface area contributed by atoms with Crippen LogP contribution in [0.15, 0.2) is 24.3 Å². The molecule has 1 saturated carbocycles. The fourth-order valence-electron chi connectivity index (χ4n) is 2.45. The highest BCUT2D eigenvalue weighted by molar-refractivity contribution is 6.52. The van der Waals surface area contributed by atoms with E-state index >= 15 is 0 Å². The highest BCUT2D eigenvalue weighted by Crippen LogP contribution is 2.70. The number of carboxylic acids is 1. The van der Waals surface area contributed by atoms with Crippen molar-refractivity contribution >= 4 is 29.2 Å². The minimum atomic E-state index is -1.31. The number of carboxylic acid groups (broad SMARTS) is 1. The van der Waals surface area contributed by atoms with E-state index in [1.54, 1.807) is 12.1 Å². The molecule has 0 aliphatic heterocycles. The van der Waals surface area contributed by atoms with E-state index in [2.05, 4.69) is 0 Å². The number of para-hydroxylation sites is 1. The van der Waals surface area contributed by atoms with E-state index in [9.17, 15) is 9.90 Å². The maximum Gasteiger partial charge on any atom is 0.347 e. The lowest BCUT2D eigenvalue weighted by atomic mass is 9.94. The molecule has 1 aromatic rings. The molecule has 0 spiro atoms. The van der Waals surface area contributed by atoms with Gasteiger partial charge in [-0.3, -0.25) is 0 Å². The van der Waals surface area contributed by atoms with Crippen molar-refractivity contribution in [2.75, 3.05) is 0 Å². The van der Waals surface area contributed by atoms with Gasteiger partial charge in [0.1, 0.15) is 10.1 Å². The van der Waals surface area contributed by atoms with Crippen LogP contribution < -0.4 is 4.74 Å². The topological polar surface area (TPSA) is 46.5 Å². The summed E-state index contributed by atoms with van der Waals surface area (Å²) in [6, 6.07) is 7.31. The summed E-state index contributed by atoms with van der Waals surface area (Å²) in [5, 5.41) is 9.19. The second-order valence-corrected chi connectivity index (χ2v) is 7.35. The summed E-state index contributed by atoms with van der Waals surface area (Å²) in [4.78, 5) is 11.2. The van der Waals surface area contributed by atoms with Gasteiger partial charge in [-0.15, -0.1) is 23.2 Å². The molecule has 0 bridgehead atoms. The third-order valence-corrected chi connectivity index (χ3v) is 5.79. The Hall–Kier alpha value is -0.930. The van der Waals surface area contributed by atoms with Crippen molar-refractivity contribution in [3.63, 3.8) is 0 Å². The molecule has 0 saturated heterocycles. The van der Waals surface area contributed by atoms with Gasteiger partial charge in [-0.2, -0.15) is 0 Å². The van der Waals surface area contributed by atoms with Gasteiger partial charge in [-0.1, -0.05) is 32.0 Å². The first-order valence-corrected chi connectivity index (χ1v) is 7.20. The Kier molecular flexibility index (Phi) is 3.51. The summed E-state index contributed by atoms with van der Waals surface area (Å²) >= 11 is 12.7. The van der Waals surface area contributed by atoms with Crippen molar-refractivity contribution in [1.82, 2.24) is 0 Å². The number of ether oxygens (including phenoxy) is 1. The fourth-order valence-corrected chi connectivity index (χ4v) is 3.31. The molecule has 3 nitrogen and oxygen atoms in total. The fraction of sp³-hybridized carbons (Fsp3) is 0.533. The molecule has 2 rings (SSSR count). The highest BCUT2D eigenvalue weighted by Gasteiger charge is 2.72. The van der Waals surface area contributed by atoms with Crippen LogP contribution in [0.25, 0.3) is 0 Å². The van der Waals surface area contributed by atoms with Crippen LogP contribution in [-0.2, 0) is 10.2 Å². The van der Waals surface area contributed by atoms with Gasteiger partial charge in [0.15, 0.2) is 5.60 Å². The van der Waals surface area contributed by atoms with Gasteiger partial charge in [-0.05, 0) is 19.9 Å². The first kappa shape index (κ1) is 15.5. The van der Waals surface area contributed by atoms with Crippen molar-refractivity contribution in [1.29, 1.82) is 0 Å². The molecule has 1 aliphatic rings. The Bertz CT molecular complexity index is 554. The lowest BCUT2D eigenvalue weighted by Crippen LogP contribution is -2.38. The first-order chi connectivity index (χ1) is 9.05. The standard InChI is InChI=1S/C15H18Cl2O3/c1-9-14(4,15(9,16)17)10-7-5-6-8-11(10)20-13(2,3)12(18)19/h5-9H,1-4H3,(H,18,19). The van der Waals surface area contributed by atoms with E-state index in [0.29, 0.717) is 5.75 Å². The number of alkyl halides is 2. The average molecular weight is 317 g/mol. The van der Waals surface area contributed by atoms with E-state index in [0.717, 1.165) is 5.56 Å². The predicted molar refractivity (Wildman–Crippen MR) is 79.7 cm³/mol. The number of halogens is 2. The van der Waals surface area contributed by atoms with Gasteiger partial charge in [-0.25, -0.2) is 4.79 Å². The van der Waals surface area contributed by atoms with Crippen LogP contribution in [0.3, 0.4) is 0 Å². The zero-order valence-corrected chi connectivity index (χ0v) is 13.4. The van der Waals surface area contributed by atoms with Crippen LogP contribution in [0, 0.1) is 5.92 Å². The molecular weight excluding hydrogens is 299 g/mol. The van der Waals surface area contributed by atoms with Crippen molar-refractivity contribution < 1.29 is 14.6 Å². The summed E-state index contributed by atoms with van der Waals surface area (Å²) in [5.74, 6) is -0.447. The van der Waals surface area contributed by atoms with Gasteiger partial charge >= 0.3 is 5.97 Å². The molecule has 1 fully saturated rings. The molecule has 2 atom stereocenters. The van der Waals surface area contributed by atoms with E-state index in [1.165, 1.54) is 13.8 Å². The number of hydrogen-bond acceptors (Lipinski definition) is 2. The monoisotopic (exact) mass is 316 g/mol. The Morgan fingerprint density at radius 3 is 2.30 bits per heavy atom. The normalized spacial score (nSPS) is 28.0. The van der Waals surface area contributed by atoms with Crippen LogP contribution in [0.2, 0.25) is 0 Å². The molecule has 20 heavy (non-hydrogen) atoms. The van der Waals surface area contributed by atoms with Crippen molar-refractivity contribution in [2.45, 2.75) is 43.0 Å². The molecule has 1 aliphatic carbocycles. The maximum absolute atomic E-state index is 11.2. The van der Waals surface area contributed by atoms with Gasteiger partial charge < -0.3 is 9.84 Å². The zero-order chi connectivity index (χ0) is 15.3. The van der Waals surface area contributed by atoms with Crippen molar-refractivity contribution in [2.24, 2.45) is 5.92 Å². The van der Waals surface area contributed by atoms with Crippen LogP contribution >= 0.6 is 23.2 Å². The summed E-state index contributed by atoms with van der Waals surface area (Å²) < 4.78 is 4.82. The highest BCUT2D eigenvalue weighted by atomic mass is 35.5. The predicted octanol–water partition coefficient (Wildman–Crippen LogP) is 4.01. The molecule has 5 heteroatoms. The van der Waals surface area contributed by atoms with Gasteiger partial charge in [0.2, 0.25) is 0 Å². The molecule has 110 valence electrons. The molecule has 2 unspecified atom stereocenters. The first-order valence-electron chi connectivity index (χ1n) is 6.45. The van der Waals surface area contributed by atoms with Crippen molar-refractivity contribution in [3.05, 3.63) is 29.8 Å². The lowest BCUT2D eigenvalue weighted by molar-refractivity contribution is -0.152. The zero-order valence-electron chi connectivity index (χ0n) is 11.9. The molecule has 1 aromatic carbocycles. The van der Waals surface area contributed by atoms with E-state index in [4.69, 9.17) is 27.9 Å². The molecule has 1 N–H and O–H groups in total. The second kappa shape index (κ2) is 4.54. The van der Waals surface area contributed by atoms with Gasteiger partial charge in [0.25, 0.3) is 0 Å². The number of rotatable bonds is 4. The number of carbonyl (C=O) groups is 1. The Balaban J connectivity index is 2.42. The second-order valence-electron chi connectivity index (χ2n) is 5.96. The minimum absolute atomic E-state index is 0.0658. The largest absolute Gasteiger partial charge is 0.478 e. The minimum Gasteiger partial charge on any atom is -0.478 e. The third-order valence-electron chi connectivity index (χ3n) is 4.35. The van der Waals surface area contributed by atoms with Crippen LogP contribution in [0.4, 0.5) is 0 Å². The molecule has 0 radical (unpaired) electrons. The smallest absolute Gasteiger partial charge is 0.347 e.